The molecule has 2 heterocycles. The zero-order valence-corrected chi connectivity index (χ0v) is 12.5. The average Bonchev–Trinajstić information content (AvgIpc) is 3.13. The van der Waals surface area contributed by atoms with Crippen LogP contribution in [0.5, 0.6) is 0 Å². The summed E-state index contributed by atoms with van der Waals surface area (Å²) in [6, 6.07) is 8.69. The molecule has 6 heteroatoms. The molecule has 0 radical (unpaired) electrons. The Labute approximate surface area is 128 Å². The smallest absolute Gasteiger partial charge is 0.331 e. The van der Waals surface area contributed by atoms with Crippen LogP contribution in [0.15, 0.2) is 35.4 Å². The first-order chi connectivity index (χ1) is 10.6. The molecule has 1 fully saturated rings. The number of esters is 1. The number of nitrogens with one attached hydrogen (secondary N) is 1. The minimum atomic E-state index is -0.808. The van der Waals surface area contributed by atoms with Crippen LogP contribution in [-0.2, 0) is 19.1 Å². The molecule has 1 saturated heterocycles. The zero-order chi connectivity index (χ0) is 15.7. The Morgan fingerprint density at radius 3 is 2.68 bits per heavy atom. The number of Topliss-reactive ketones (excluding diaryl/α,β-unsaturated/α-hetero) is 1. The monoisotopic (exact) mass is 302 g/mol. The van der Waals surface area contributed by atoms with Gasteiger partial charge in [-0.1, -0.05) is 30.3 Å². The summed E-state index contributed by atoms with van der Waals surface area (Å²) in [7, 11) is 0. The van der Waals surface area contributed by atoms with E-state index in [9.17, 15) is 9.59 Å². The Morgan fingerprint density at radius 2 is 2.09 bits per heavy atom. The second kappa shape index (κ2) is 5.53. The van der Waals surface area contributed by atoms with Crippen LogP contribution in [0.1, 0.15) is 25.3 Å². The molecule has 1 aromatic rings. The predicted molar refractivity (Wildman–Crippen MR) is 79.5 cm³/mol. The number of ketones is 1. The molecule has 0 amide bonds. The molecule has 0 aromatic heterocycles. The van der Waals surface area contributed by atoms with E-state index in [1.807, 2.05) is 30.3 Å². The number of carbonyl (C=O) groups excluding carboxylic acids is 2. The van der Waals surface area contributed by atoms with Crippen molar-refractivity contribution in [3.63, 3.8) is 0 Å². The third-order valence-electron chi connectivity index (χ3n) is 3.94. The van der Waals surface area contributed by atoms with Gasteiger partial charge in [-0.25, -0.2) is 4.79 Å². The van der Waals surface area contributed by atoms with Gasteiger partial charge in [-0.15, -0.1) is 0 Å². The van der Waals surface area contributed by atoms with Crippen molar-refractivity contribution in [1.29, 1.82) is 0 Å². The van der Waals surface area contributed by atoms with Crippen molar-refractivity contribution in [1.82, 2.24) is 5.43 Å². The van der Waals surface area contributed by atoms with E-state index in [0.717, 1.165) is 5.56 Å². The van der Waals surface area contributed by atoms with Crippen LogP contribution in [0.4, 0.5) is 0 Å². The lowest BCUT2D eigenvalue weighted by Gasteiger charge is -2.19. The lowest BCUT2D eigenvalue weighted by Crippen LogP contribution is -2.40. The van der Waals surface area contributed by atoms with Crippen molar-refractivity contribution in [2.24, 2.45) is 5.10 Å². The van der Waals surface area contributed by atoms with Crippen LogP contribution in [0.2, 0.25) is 0 Å². The quantitative estimate of drug-likeness (QED) is 0.649. The van der Waals surface area contributed by atoms with E-state index in [1.165, 1.54) is 0 Å². The van der Waals surface area contributed by atoms with Gasteiger partial charge in [0.2, 0.25) is 5.78 Å². The van der Waals surface area contributed by atoms with Gasteiger partial charge in [-0.05, 0) is 19.4 Å². The van der Waals surface area contributed by atoms with Gasteiger partial charge in [0.1, 0.15) is 5.71 Å². The number of carbonyl (C=O) groups is 2. The van der Waals surface area contributed by atoms with Crippen LogP contribution >= 0.6 is 0 Å². The standard InChI is InChI=1S/C16H18N2O4/c1-3-21-15(20)13-11(10-7-5-4-6-8-10)12(17-18-13)14(19)16(2)9-22-16/h4-8,11,13,18H,3,9H2,1-2H3/t11-,13-,16?/m1/s1. The zero-order valence-electron chi connectivity index (χ0n) is 12.5. The van der Waals surface area contributed by atoms with E-state index in [4.69, 9.17) is 9.47 Å². The highest BCUT2D eigenvalue weighted by molar-refractivity contribution is 6.46. The van der Waals surface area contributed by atoms with E-state index >= 15 is 0 Å². The van der Waals surface area contributed by atoms with Gasteiger partial charge in [0.25, 0.3) is 0 Å². The Bertz CT molecular complexity index is 622. The maximum absolute atomic E-state index is 12.6. The van der Waals surface area contributed by atoms with E-state index in [1.54, 1.807) is 13.8 Å². The van der Waals surface area contributed by atoms with Gasteiger partial charge in [-0.2, -0.15) is 5.10 Å². The second-order valence-corrected chi connectivity index (χ2v) is 5.59. The number of rotatable bonds is 5. The summed E-state index contributed by atoms with van der Waals surface area (Å²) in [5, 5.41) is 4.12. The van der Waals surface area contributed by atoms with E-state index in [0.29, 0.717) is 12.3 Å². The highest BCUT2D eigenvalue weighted by Gasteiger charge is 2.53. The summed E-state index contributed by atoms with van der Waals surface area (Å²) in [4.78, 5) is 24.8. The first-order valence-electron chi connectivity index (χ1n) is 7.30. The molecule has 1 aromatic carbocycles. The Hall–Kier alpha value is -2.21. The van der Waals surface area contributed by atoms with Crippen LogP contribution in [0, 0.1) is 0 Å². The molecular formula is C16H18N2O4. The molecule has 0 spiro atoms. The maximum Gasteiger partial charge on any atom is 0.331 e. The van der Waals surface area contributed by atoms with Gasteiger partial charge in [0.15, 0.2) is 11.6 Å². The average molecular weight is 302 g/mol. The van der Waals surface area contributed by atoms with E-state index < -0.39 is 23.5 Å². The van der Waals surface area contributed by atoms with Gasteiger partial charge in [0.05, 0.1) is 19.1 Å². The number of epoxide rings is 1. The molecule has 0 saturated carbocycles. The van der Waals surface area contributed by atoms with Crippen molar-refractivity contribution < 1.29 is 19.1 Å². The third kappa shape index (κ3) is 2.50. The largest absolute Gasteiger partial charge is 0.464 e. The molecule has 3 atom stereocenters. The molecule has 3 rings (SSSR count). The van der Waals surface area contributed by atoms with Crippen LogP contribution in [-0.4, -0.2) is 42.3 Å². The first kappa shape index (κ1) is 14.7. The number of benzene rings is 1. The summed E-state index contributed by atoms with van der Waals surface area (Å²) < 4.78 is 10.3. The lowest BCUT2D eigenvalue weighted by atomic mass is 9.84. The Balaban J connectivity index is 1.93. The molecule has 6 nitrogen and oxygen atoms in total. The molecule has 0 bridgehead atoms. The van der Waals surface area contributed by atoms with E-state index in [-0.39, 0.29) is 12.4 Å². The molecular weight excluding hydrogens is 284 g/mol. The van der Waals surface area contributed by atoms with Gasteiger partial charge in [0, 0.05) is 0 Å². The normalized spacial score (nSPS) is 29.5. The number of hydrogen-bond acceptors (Lipinski definition) is 6. The highest BCUT2D eigenvalue weighted by Crippen LogP contribution is 2.34. The second-order valence-electron chi connectivity index (χ2n) is 5.59. The maximum atomic E-state index is 12.6. The molecule has 0 aliphatic carbocycles. The summed E-state index contributed by atoms with van der Waals surface area (Å²) >= 11 is 0. The van der Waals surface area contributed by atoms with Crippen LogP contribution in [0.25, 0.3) is 0 Å². The number of ether oxygens (including phenoxy) is 2. The van der Waals surface area contributed by atoms with Crippen molar-refractivity contribution in [2.75, 3.05) is 13.2 Å². The molecule has 1 N–H and O–H groups in total. The number of nitrogens with zero attached hydrogens (tertiary/aromatic N) is 1. The fourth-order valence-electron chi connectivity index (χ4n) is 2.57. The Kier molecular flexibility index (Phi) is 3.70. The third-order valence-corrected chi connectivity index (χ3v) is 3.94. The Morgan fingerprint density at radius 1 is 1.41 bits per heavy atom. The fourth-order valence-corrected chi connectivity index (χ4v) is 2.57. The fraction of sp³-hybridized carbons (Fsp3) is 0.438. The molecule has 1 unspecified atom stereocenters. The number of hydrogen-bond donors (Lipinski definition) is 1. The van der Waals surface area contributed by atoms with Gasteiger partial charge >= 0.3 is 5.97 Å². The van der Waals surface area contributed by atoms with E-state index in [2.05, 4.69) is 10.5 Å². The van der Waals surface area contributed by atoms with Crippen molar-refractivity contribution in [3.8, 4) is 0 Å². The highest BCUT2D eigenvalue weighted by atomic mass is 16.6. The lowest BCUT2D eigenvalue weighted by molar-refractivity contribution is -0.145. The van der Waals surface area contributed by atoms with Crippen molar-refractivity contribution in [3.05, 3.63) is 35.9 Å². The predicted octanol–water partition coefficient (Wildman–Crippen LogP) is 1.02. The van der Waals surface area contributed by atoms with Crippen LogP contribution in [0.3, 0.4) is 0 Å². The minimum absolute atomic E-state index is 0.180. The van der Waals surface area contributed by atoms with Crippen LogP contribution < -0.4 is 5.43 Å². The first-order valence-corrected chi connectivity index (χ1v) is 7.30. The van der Waals surface area contributed by atoms with Gasteiger partial charge in [-0.3, -0.25) is 10.2 Å². The molecule has 22 heavy (non-hydrogen) atoms. The van der Waals surface area contributed by atoms with Crippen molar-refractivity contribution >= 4 is 17.5 Å². The number of hydrazone groups is 1. The molecule has 2 aliphatic heterocycles. The summed E-state index contributed by atoms with van der Waals surface area (Å²) in [5.41, 5.74) is 3.12. The molecule has 116 valence electrons. The minimum Gasteiger partial charge on any atom is -0.464 e. The topological polar surface area (TPSA) is 80.3 Å². The van der Waals surface area contributed by atoms with Crippen molar-refractivity contribution in [2.45, 2.75) is 31.4 Å². The van der Waals surface area contributed by atoms with Gasteiger partial charge < -0.3 is 9.47 Å². The summed E-state index contributed by atoms with van der Waals surface area (Å²) in [6.07, 6.45) is 0. The molecule has 2 aliphatic rings. The SMILES string of the molecule is CCOC(=O)[C@@H]1NN=C(C(=O)C2(C)CO2)[C@H]1c1ccccc1. The summed E-state index contributed by atoms with van der Waals surface area (Å²) in [6.45, 7) is 4.15. The summed E-state index contributed by atoms with van der Waals surface area (Å²) in [5.74, 6) is -1.06.